The lowest BCUT2D eigenvalue weighted by molar-refractivity contribution is -0.147. The first-order chi connectivity index (χ1) is 9.95. The topological polar surface area (TPSA) is 81.4 Å². The highest BCUT2D eigenvalue weighted by molar-refractivity contribution is 5.87. The van der Waals surface area contributed by atoms with Crippen molar-refractivity contribution in [3.05, 3.63) is 35.9 Å². The van der Waals surface area contributed by atoms with Crippen LogP contribution in [0.15, 0.2) is 30.3 Å². The van der Waals surface area contributed by atoms with Crippen LogP contribution >= 0.6 is 0 Å². The van der Waals surface area contributed by atoms with Crippen molar-refractivity contribution in [1.82, 2.24) is 5.32 Å². The molecule has 0 saturated heterocycles. The lowest BCUT2D eigenvalue weighted by atomic mass is 10.0. The second-order valence-corrected chi connectivity index (χ2v) is 5.27. The van der Waals surface area contributed by atoms with Crippen LogP contribution in [0.3, 0.4) is 0 Å². The maximum Gasteiger partial charge on any atom is 0.328 e. The zero-order valence-corrected chi connectivity index (χ0v) is 12.8. The number of amides is 1. The van der Waals surface area contributed by atoms with Gasteiger partial charge in [-0.2, -0.15) is 0 Å². The van der Waals surface area contributed by atoms with Crippen LogP contribution in [0, 0.1) is 5.92 Å². The number of nitrogens with two attached hydrogens (primary N) is 1. The van der Waals surface area contributed by atoms with Gasteiger partial charge in [0, 0.05) is 6.42 Å². The Kier molecular flexibility index (Phi) is 6.88. The van der Waals surface area contributed by atoms with Gasteiger partial charge in [0.2, 0.25) is 5.91 Å². The molecule has 0 spiro atoms. The Morgan fingerprint density at radius 2 is 1.86 bits per heavy atom. The Morgan fingerprint density at radius 1 is 1.24 bits per heavy atom. The number of benzene rings is 1. The van der Waals surface area contributed by atoms with E-state index in [2.05, 4.69) is 5.32 Å². The summed E-state index contributed by atoms with van der Waals surface area (Å²) in [4.78, 5) is 24.0. The molecule has 116 valence electrons. The third-order valence-corrected chi connectivity index (χ3v) is 3.19. The van der Waals surface area contributed by atoms with Crippen molar-refractivity contribution in [2.24, 2.45) is 11.7 Å². The van der Waals surface area contributed by atoms with Crippen molar-refractivity contribution in [2.45, 2.75) is 39.3 Å². The molecule has 1 rings (SSSR count). The molecule has 0 aliphatic heterocycles. The summed E-state index contributed by atoms with van der Waals surface area (Å²) in [6, 6.07) is 8.12. The predicted octanol–water partition coefficient (Wildman–Crippen LogP) is 1.26. The van der Waals surface area contributed by atoms with Crippen LogP contribution in [0.5, 0.6) is 0 Å². The number of hydrogen-bond acceptors (Lipinski definition) is 4. The van der Waals surface area contributed by atoms with Crippen molar-refractivity contribution >= 4 is 11.9 Å². The van der Waals surface area contributed by atoms with E-state index < -0.39 is 18.1 Å². The van der Waals surface area contributed by atoms with Gasteiger partial charge < -0.3 is 15.8 Å². The van der Waals surface area contributed by atoms with Crippen molar-refractivity contribution in [3.63, 3.8) is 0 Å². The SMILES string of the molecule is CCOC(=O)[C@@H](Cc1ccccc1)NC(=O)[C@H](N)C(C)C. The fourth-order valence-electron chi connectivity index (χ4n) is 1.86. The summed E-state index contributed by atoms with van der Waals surface area (Å²) in [7, 11) is 0. The van der Waals surface area contributed by atoms with Gasteiger partial charge in [0.25, 0.3) is 0 Å². The second kappa shape index (κ2) is 8.42. The van der Waals surface area contributed by atoms with Gasteiger partial charge in [-0.25, -0.2) is 4.79 Å². The Hall–Kier alpha value is -1.88. The number of esters is 1. The Morgan fingerprint density at radius 3 is 2.38 bits per heavy atom. The summed E-state index contributed by atoms with van der Waals surface area (Å²) in [5, 5.41) is 2.69. The molecular weight excluding hydrogens is 268 g/mol. The molecule has 5 nitrogen and oxygen atoms in total. The van der Waals surface area contributed by atoms with E-state index in [-0.39, 0.29) is 18.4 Å². The molecule has 3 N–H and O–H groups in total. The molecule has 21 heavy (non-hydrogen) atoms. The molecule has 0 aliphatic rings. The van der Waals surface area contributed by atoms with E-state index in [1.807, 2.05) is 44.2 Å². The average Bonchev–Trinajstić information content (AvgIpc) is 2.46. The van der Waals surface area contributed by atoms with Crippen molar-refractivity contribution < 1.29 is 14.3 Å². The van der Waals surface area contributed by atoms with Crippen LogP contribution in [0.2, 0.25) is 0 Å². The van der Waals surface area contributed by atoms with Crippen molar-refractivity contribution in [1.29, 1.82) is 0 Å². The van der Waals surface area contributed by atoms with Gasteiger partial charge >= 0.3 is 5.97 Å². The fourth-order valence-corrected chi connectivity index (χ4v) is 1.86. The molecule has 0 unspecified atom stereocenters. The van der Waals surface area contributed by atoms with Crippen LogP contribution in [0.1, 0.15) is 26.3 Å². The molecule has 0 radical (unpaired) electrons. The van der Waals surface area contributed by atoms with Crippen LogP contribution in [-0.2, 0) is 20.7 Å². The summed E-state index contributed by atoms with van der Waals surface area (Å²) in [5.41, 5.74) is 6.76. The third-order valence-electron chi connectivity index (χ3n) is 3.19. The largest absolute Gasteiger partial charge is 0.464 e. The predicted molar refractivity (Wildman–Crippen MR) is 81.5 cm³/mol. The lowest BCUT2D eigenvalue weighted by Gasteiger charge is -2.21. The van der Waals surface area contributed by atoms with Crippen LogP contribution < -0.4 is 11.1 Å². The quantitative estimate of drug-likeness (QED) is 0.741. The Bertz CT molecular complexity index is 460. The van der Waals surface area contributed by atoms with E-state index in [0.29, 0.717) is 6.42 Å². The van der Waals surface area contributed by atoms with E-state index >= 15 is 0 Å². The minimum absolute atomic E-state index is 0.00423. The van der Waals surface area contributed by atoms with E-state index in [0.717, 1.165) is 5.56 Å². The average molecular weight is 292 g/mol. The molecule has 0 heterocycles. The van der Waals surface area contributed by atoms with E-state index in [4.69, 9.17) is 10.5 Å². The first-order valence-electron chi connectivity index (χ1n) is 7.22. The van der Waals surface area contributed by atoms with E-state index in [1.165, 1.54) is 0 Å². The number of carbonyl (C=O) groups is 2. The van der Waals surface area contributed by atoms with Gasteiger partial charge in [0.1, 0.15) is 6.04 Å². The summed E-state index contributed by atoms with van der Waals surface area (Å²) in [6.45, 7) is 5.73. The van der Waals surface area contributed by atoms with Gasteiger partial charge in [-0.15, -0.1) is 0 Å². The summed E-state index contributed by atoms with van der Waals surface area (Å²) >= 11 is 0. The third kappa shape index (κ3) is 5.55. The van der Waals surface area contributed by atoms with Gasteiger partial charge in [0.15, 0.2) is 0 Å². The Labute approximate surface area is 125 Å². The maximum absolute atomic E-state index is 12.0. The van der Waals surface area contributed by atoms with Crippen molar-refractivity contribution in [2.75, 3.05) is 6.61 Å². The van der Waals surface area contributed by atoms with Gasteiger partial charge in [-0.3, -0.25) is 4.79 Å². The molecule has 5 heteroatoms. The van der Waals surface area contributed by atoms with Gasteiger partial charge in [0.05, 0.1) is 12.6 Å². The van der Waals surface area contributed by atoms with Crippen LogP contribution in [-0.4, -0.2) is 30.6 Å². The maximum atomic E-state index is 12.0. The smallest absolute Gasteiger partial charge is 0.328 e. The molecule has 0 fully saturated rings. The van der Waals surface area contributed by atoms with E-state index in [1.54, 1.807) is 6.92 Å². The van der Waals surface area contributed by atoms with Crippen LogP contribution in [0.4, 0.5) is 0 Å². The normalized spacial score (nSPS) is 13.6. The zero-order chi connectivity index (χ0) is 15.8. The van der Waals surface area contributed by atoms with Gasteiger partial charge in [-0.05, 0) is 18.4 Å². The number of carbonyl (C=O) groups excluding carboxylic acids is 2. The minimum atomic E-state index is -0.718. The summed E-state index contributed by atoms with van der Waals surface area (Å²) in [5.74, 6) is -0.769. The molecule has 0 aromatic heterocycles. The first-order valence-corrected chi connectivity index (χ1v) is 7.22. The molecule has 1 amide bonds. The monoisotopic (exact) mass is 292 g/mol. The number of nitrogens with one attached hydrogen (secondary N) is 1. The molecule has 0 bridgehead atoms. The number of ether oxygens (including phenoxy) is 1. The molecule has 0 aliphatic carbocycles. The second-order valence-electron chi connectivity index (χ2n) is 5.27. The molecule has 1 aromatic carbocycles. The molecule has 2 atom stereocenters. The standard InChI is InChI=1S/C16H24N2O3/c1-4-21-16(20)13(10-12-8-6-5-7-9-12)18-15(19)14(17)11(2)3/h5-9,11,13-14H,4,10,17H2,1-3H3,(H,18,19)/t13-,14-/m1/s1. The van der Waals surface area contributed by atoms with Crippen molar-refractivity contribution in [3.8, 4) is 0 Å². The van der Waals surface area contributed by atoms with Crippen LogP contribution in [0.25, 0.3) is 0 Å². The minimum Gasteiger partial charge on any atom is -0.464 e. The Balaban J connectivity index is 2.78. The number of hydrogen-bond donors (Lipinski definition) is 2. The van der Waals surface area contributed by atoms with Gasteiger partial charge in [-0.1, -0.05) is 44.2 Å². The highest BCUT2D eigenvalue weighted by Gasteiger charge is 2.26. The zero-order valence-electron chi connectivity index (χ0n) is 12.8. The molecule has 0 saturated carbocycles. The number of rotatable bonds is 7. The molecular formula is C16H24N2O3. The lowest BCUT2D eigenvalue weighted by Crippen LogP contribution is -2.51. The summed E-state index contributed by atoms with van der Waals surface area (Å²) in [6.07, 6.45) is 0.385. The molecule has 1 aromatic rings. The summed E-state index contributed by atoms with van der Waals surface area (Å²) < 4.78 is 5.02. The van der Waals surface area contributed by atoms with E-state index in [9.17, 15) is 9.59 Å². The fraction of sp³-hybridized carbons (Fsp3) is 0.500. The highest BCUT2D eigenvalue weighted by atomic mass is 16.5. The first kappa shape index (κ1) is 17.2. The highest BCUT2D eigenvalue weighted by Crippen LogP contribution is 2.06.